The molecule has 5 nitrogen and oxygen atoms in total. The number of para-hydroxylation sites is 1. The van der Waals surface area contributed by atoms with Gasteiger partial charge in [-0.25, -0.2) is 4.98 Å². The Morgan fingerprint density at radius 1 is 1.21 bits per heavy atom. The van der Waals surface area contributed by atoms with Crippen molar-refractivity contribution < 1.29 is 9.53 Å². The number of benzene rings is 1. The maximum absolute atomic E-state index is 11.2. The quantitative estimate of drug-likeness (QED) is 0.568. The average Bonchev–Trinajstić information content (AvgIpc) is 3.05. The van der Waals surface area contributed by atoms with Crippen LogP contribution >= 0.6 is 0 Å². The molecule has 0 aliphatic carbocycles. The summed E-state index contributed by atoms with van der Waals surface area (Å²) in [5.41, 5.74) is 1.29. The molecule has 1 aromatic heterocycles. The highest BCUT2D eigenvalue weighted by Gasteiger charge is 2.21. The van der Waals surface area contributed by atoms with Gasteiger partial charge in [0.25, 0.3) is 0 Å². The Balaban J connectivity index is 1.30. The van der Waals surface area contributed by atoms with Crippen molar-refractivity contribution >= 4 is 12.2 Å². The largest absolute Gasteiger partial charge is 0.488 e. The highest BCUT2D eigenvalue weighted by atomic mass is 16.5. The van der Waals surface area contributed by atoms with Crippen molar-refractivity contribution in [1.82, 2.24) is 10.3 Å². The van der Waals surface area contributed by atoms with Gasteiger partial charge in [0.2, 0.25) is 6.41 Å². The van der Waals surface area contributed by atoms with Crippen LogP contribution in [0.25, 0.3) is 0 Å². The lowest BCUT2D eigenvalue weighted by Gasteiger charge is -2.16. The van der Waals surface area contributed by atoms with Crippen molar-refractivity contribution in [1.29, 1.82) is 0 Å². The molecule has 2 heterocycles. The van der Waals surface area contributed by atoms with Crippen molar-refractivity contribution in [2.24, 2.45) is 0 Å². The van der Waals surface area contributed by atoms with E-state index in [1.807, 2.05) is 30.3 Å². The summed E-state index contributed by atoms with van der Waals surface area (Å²) in [5, 5.41) is 3.45. The fourth-order valence-electron chi connectivity index (χ4n) is 2.91. The molecule has 0 spiro atoms. The van der Waals surface area contributed by atoms with E-state index in [0.29, 0.717) is 12.4 Å². The van der Waals surface area contributed by atoms with Gasteiger partial charge in [-0.3, -0.25) is 9.69 Å². The second-order valence-corrected chi connectivity index (χ2v) is 5.95. The molecule has 1 unspecified atom stereocenters. The Kier molecular flexibility index (Phi) is 5.80. The van der Waals surface area contributed by atoms with Crippen LogP contribution < -0.4 is 15.0 Å². The minimum absolute atomic E-state index is 0.224. The standard InChI is InChI=1S/C19H23N3O2/c23-15-22(19-9-3-4-11-21-19)12-6-5-10-20-14-17-13-16-7-1-2-8-18(16)24-17/h1-4,7-9,11,15,17,20H,5-6,10,12-14H2. The molecular weight excluding hydrogens is 302 g/mol. The first-order chi connectivity index (χ1) is 11.9. The number of aromatic nitrogens is 1. The molecule has 5 heteroatoms. The number of rotatable bonds is 9. The Morgan fingerprint density at radius 2 is 2.08 bits per heavy atom. The summed E-state index contributed by atoms with van der Waals surface area (Å²) in [6.07, 6.45) is 5.70. The number of carbonyl (C=O) groups excluding carboxylic acids is 1. The molecule has 2 aromatic rings. The van der Waals surface area contributed by atoms with Gasteiger partial charge in [0.1, 0.15) is 17.7 Å². The molecule has 0 saturated heterocycles. The van der Waals surface area contributed by atoms with Crippen LogP contribution in [0.1, 0.15) is 18.4 Å². The zero-order valence-corrected chi connectivity index (χ0v) is 13.7. The van der Waals surface area contributed by atoms with Crippen LogP contribution in [0.5, 0.6) is 5.75 Å². The lowest BCUT2D eigenvalue weighted by atomic mass is 10.1. The predicted molar refractivity (Wildman–Crippen MR) is 94.3 cm³/mol. The molecule has 1 amide bonds. The third kappa shape index (κ3) is 4.32. The first kappa shape index (κ1) is 16.5. The molecule has 0 fully saturated rings. The summed E-state index contributed by atoms with van der Waals surface area (Å²) in [6, 6.07) is 13.8. The smallest absolute Gasteiger partial charge is 0.215 e. The van der Waals surface area contributed by atoms with E-state index >= 15 is 0 Å². The van der Waals surface area contributed by atoms with E-state index < -0.39 is 0 Å². The van der Waals surface area contributed by atoms with Crippen LogP contribution in [0.3, 0.4) is 0 Å². The Hall–Kier alpha value is -2.40. The SMILES string of the molecule is O=CN(CCCCNCC1Cc2ccccc2O1)c1ccccn1. The normalized spacial score (nSPS) is 15.6. The van der Waals surface area contributed by atoms with Crippen molar-refractivity contribution in [2.45, 2.75) is 25.4 Å². The number of carbonyl (C=O) groups is 1. The van der Waals surface area contributed by atoms with Crippen molar-refractivity contribution in [3.05, 3.63) is 54.2 Å². The topological polar surface area (TPSA) is 54.5 Å². The zero-order valence-electron chi connectivity index (χ0n) is 13.7. The van der Waals surface area contributed by atoms with Gasteiger partial charge in [-0.1, -0.05) is 24.3 Å². The summed E-state index contributed by atoms with van der Waals surface area (Å²) < 4.78 is 5.90. The molecule has 1 aromatic carbocycles. The molecule has 0 saturated carbocycles. The van der Waals surface area contributed by atoms with Gasteiger partial charge in [-0.15, -0.1) is 0 Å². The van der Waals surface area contributed by atoms with E-state index in [4.69, 9.17) is 4.74 Å². The van der Waals surface area contributed by atoms with E-state index in [9.17, 15) is 4.79 Å². The second kappa shape index (κ2) is 8.45. The Morgan fingerprint density at radius 3 is 2.88 bits per heavy atom. The van der Waals surface area contributed by atoms with E-state index in [0.717, 1.165) is 44.5 Å². The van der Waals surface area contributed by atoms with E-state index in [1.165, 1.54) is 5.56 Å². The highest BCUT2D eigenvalue weighted by molar-refractivity contribution is 5.72. The van der Waals surface area contributed by atoms with Crippen LogP contribution in [-0.4, -0.2) is 37.1 Å². The fraction of sp³-hybridized carbons (Fsp3) is 0.368. The lowest BCUT2D eigenvalue weighted by molar-refractivity contribution is -0.107. The molecule has 0 radical (unpaired) electrons. The zero-order chi connectivity index (χ0) is 16.6. The van der Waals surface area contributed by atoms with Gasteiger partial charge >= 0.3 is 0 Å². The van der Waals surface area contributed by atoms with Gasteiger partial charge < -0.3 is 10.1 Å². The maximum atomic E-state index is 11.2. The van der Waals surface area contributed by atoms with E-state index in [2.05, 4.69) is 22.4 Å². The molecule has 1 aliphatic heterocycles. The number of hydrogen-bond acceptors (Lipinski definition) is 4. The first-order valence-corrected chi connectivity index (χ1v) is 8.45. The molecular formula is C19H23N3O2. The minimum Gasteiger partial charge on any atom is -0.488 e. The average molecular weight is 325 g/mol. The van der Waals surface area contributed by atoms with Crippen LogP contribution in [0.2, 0.25) is 0 Å². The van der Waals surface area contributed by atoms with Crippen LogP contribution in [-0.2, 0) is 11.2 Å². The van der Waals surface area contributed by atoms with Gasteiger partial charge in [0, 0.05) is 25.7 Å². The van der Waals surface area contributed by atoms with Gasteiger partial charge in [0.05, 0.1) is 0 Å². The summed E-state index contributed by atoms with van der Waals surface area (Å²) >= 11 is 0. The van der Waals surface area contributed by atoms with Crippen molar-refractivity contribution in [3.63, 3.8) is 0 Å². The van der Waals surface area contributed by atoms with Gasteiger partial charge in [-0.05, 0) is 43.1 Å². The second-order valence-electron chi connectivity index (χ2n) is 5.95. The molecule has 1 aliphatic rings. The third-order valence-electron chi connectivity index (χ3n) is 4.16. The molecule has 0 bridgehead atoms. The number of unbranched alkanes of at least 4 members (excludes halogenated alkanes) is 1. The van der Waals surface area contributed by atoms with E-state index in [1.54, 1.807) is 11.1 Å². The number of pyridine rings is 1. The van der Waals surface area contributed by atoms with Crippen LogP contribution in [0.15, 0.2) is 48.7 Å². The summed E-state index contributed by atoms with van der Waals surface area (Å²) in [6.45, 7) is 2.46. The molecule has 24 heavy (non-hydrogen) atoms. The Labute approximate surface area is 142 Å². The third-order valence-corrected chi connectivity index (χ3v) is 4.16. The van der Waals surface area contributed by atoms with Gasteiger partial charge in [0.15, 0.2) is 0 Å². The highest BCUT2D eigenvalue weighted by Crippen LogP contribution is 2.27. The van der Waals surface area contributed by atoms with E-state index in [-0.39, 0.29) is 6.10 Å². The summed E-state index contributed by atoms with van der Waals surface area (Å²) in [7, 11) is 0. The number of nitrogens with one attached hydrogen (secondary N) is 1. The van der Waals surface area contributed by atoms with Crippen LogP contribution in [0.4, 0.5) is 5.82 Å². The molecule has 3 rings (SSSR count). The van der Waals surface area contributed by atoms with Crippen LogP contribution in [0, 0.1) is 0 Å². The van der Waals surface area contributed by atoms with Gasteiger partial charge in [-0.2, -0.15) is 0 Å². The first-order valence-electron chi connectivity index (χ1n) is 8.45. The fourth-order valence-corrected chi connectivity index (χ4v) is 2.91. The Bertz CT molecular complexity index is 623. The van der Waals surface area contributed by atoms with Crippen molar-refractivity contribution in [3.8, 4) is 5.75 Å². The monoisotopic (exact) mass is 325 g/mol. The number of fused-ring (bicyclic) bond motifs is 1. The summed E-state index contributed by atoms with van der Waals surface area (Å²) in [4.78, 5) is 17.0. The predicted octanol–water partition coefficient (Wildman–Crippen LogP) is 2.42. The summed E-state index contributed by atoms with van der Waals surface area (Å²) in [5.74, 6) is 1.72. The molecule has 1 N–H and O–H groups in total. The maximum Gasteiger partial charge on any atom is 0.215 e. The molecule has 1 atom stereocenters. The lowest BCUT2D eigenvalue weighted by Crippen LogP contribution is -2.31. The number of hydrogen-bond donors (Lipinski definition) is 1. The van der Waals surface area contributed by atoms with Crippen molar-refractivity contribution in [2.75, 3.05) is 24.5 Å². The minimum atomic E-state index is 0.224. The molecule has 126 valence electrons. The number of ether oxygens (including phenoxy) is 1. The number of anilines is 1. The number of amides is 1. The number of nitrogens with zero attached hydrogens (tertiary/aromatic N) is 2.